The molecule has 0 aliphatic carbocycles. The summed E-state index contributed by atoms with van der Waals surface area (Å²) in [5, 5.41) is 0. The molecule has 0 spiro atoms. The number of hydrogen-bond donors (Lipinski definition) is 1. The van der Waals surface area contributed by atoms with Gasteiger partial charge in [0.15, 0.2) is 6.17 Å². The normalized spacial score (nSPS) is 15.0. The number of carbonyl (C=O) groups is 1. The summed E-state index contributed by atoms with van der Waals surface area (Å²) in [5.74, 6) is -1.11. The Bertz CT molecular complexity index is 433. The van der Waals surface area contributed by atoms with Gasteiger partial charge in [-0.2, -0.15) is 13.2 Å². The Hall–Kier alpha value is -1.63. The monoisotopic (exact) mass is 265 g/mol. The highest BCUT2D eigenvalue weighted by molar-refractivity contribution is 5.76. The highest BCUT2D eigenvalue weighted by atomic mass is 19.4. The lowest BCUT2D eigenvalue weighted by Crippen LogP contribution is -2.36. The number of alkyl halides is 4. The predicted octanol–water partition coefficient (Wildman–Crippen LogP) is 2.22. The molecule has 1 rings (SSSR count). The fourth-order valence-electron chi connectivity index (χ4n) is 1.44. The van der Waals surface area contributed by atoms with Crippen molar-refractivity contribution in [3.05, 3.63) is 35.4 Å². The zero-order chi connectivity index (χ0) is 13.9. The van der Waals surface area contributed by atoms with Gasteiger partial charge in [-0.3, -0.25) is 4.79 Å². The number of carbonyl (C=O) groups excluding carboxylic acids is 1. The lowest BCUT2D eigenvalue weighted by molar-refractivity contribution is -0.145. The number of halogens is 4. The number of hydrogen-bond acceptors (Lipinski definition) is 3. The Labute approximate surface area is 101 Å². The summed E-state index contributed by atoms with van der Waals surface area (Å²) in [5.41, 5.74) is 3.36. The van der Waals surface area contributed by atoms with Crippen molar-refractivity contribution in [2.75, 3.05) is 7.11 Å². The van der Waals surface area contributed by atoms with E-state index in [0.29, 0.717) is 0 Å². The molecular formula is C11H11F4NO2. The average Bonchev–Trinajstić information content (AvgIpc) is 2.35. The van der Waals surface area contributed by atoms with Gasteiger partial charge in [-0.05, 0) is 6.07 Å². The molecule has 0 saturated carbocycles. The predicted molar refractivity (Wildman–Crippen MR) is 55.3 cm³/mol. The summed E-state index contributed by atoms with van der Waals surface area (Å²) in [6.45, 7) is 0. The minimum absolute atomic E-state index is 0.678. The summed E-state index contributed by atoms with van der Waals surface area (Å²) < 4.78 is 55.9. The lowest BCUT2D eigenvalue weighted by Gasteiger charge is -2.19. The standard InChI is InChI=1S/C11H11F4NO2/c1-18-10(17)9(16)8(12)6-4-2-3-5-7(6)11(13,14)15/h2-5,8-9H,16H2,1H3. The number of esters is 1. The molecule has 18 heavy (non-hydrogen) atoms. The van der Waals surface area contributed by atoms with E-state index in [2.05, 4.69) is 4.74 Å². The van der Waals surface area contributed by atoms with Gasteiger partial charge in [-0.1, -0.05) is 18.2 Å². The van der Waals surface area contributed by atoms with Crippen molar-refractivity contribution in [3.63, 3.8) is 0 Å². The molecule has 0 amide bonds. The minimum Gasteiger partial charge on any atom is -0.468 e. The van der Waals surface area contributed by atoms with E-state index in [1.807, 2.05) is 0 Å². The van der Waals surface area contributed by atoms with Gasteiger partial charge in [-0.25, -0.2) is 4.39 Å². The maximum Gasteiger partial charge on any atom is 0.416 e. The second-order valence-electron chi connectivity index (χ2n) is 3.54. The van der Waals surface area contributed by atoms with Crippen LogP contribution >= 0.6 is 0 Å². The molecule has 0 aromatic heterocycles. The molecule has 2 unspecified atom stereocenters. The third-order valence-corrected chi connectivity index (χ3v) is 2.35. The number of ether oxygens (including phenoxy) is 1. The van der Waals surface area contributed by atoms with Gasteiger partial charge in [0, 0.05) is 5.56 Å². The van der Waals surface area contributed by atoms with Crippen molar-refractivity contribution in [1.82, 2.24) is 0 Å². The second-order valence-corrected chi connectivity index (χ2v) is 3.54. The first-order valence-corrected chi connectivity index (χ1v) is 4.92. The van der Waals surface area contributed by atoms with Gasteiger partial charge in [-0.15, -0.1) is 0 Å². The molecule has 0 fully saturated rings. The molecule has 1 aromatic rings. The number of methoxy groups -OCH3 is 1. The van der Waals surface area contributed by atoms with Crippen LogP contribution in [0.5, 0.6) is 0 Å². The third-order valence-electron chi connectivity index (χ3n) is 2.35. The Balaban J connectivity index is 3.14. The first-order valence-electron chi connectivity index (χ1n) is 4.92. The number of rotatable bonds is 3. The zero-order valence-corrected chi connectivity index (χ0v) is 9.37. The van der Waals surface area contributed by atoms with E-state index in [0.717, 1.165) is 25.3 Å². The van der Waals surface area contributed by atoms with Gasteiger partial charge in [0.25, 0.3) is 0 Å². The zero-order valence-electron chi connectivity index (χ0n) is 9.37. The fraction of sp³-hybridized carbons (Fsp3) is 0.364. The summed E-state index contributed by atoms with van der Waals surface area (Å²) in [7, 11) is 0.977. The smallest absolute Gasteiger partial charge is 0.416 e. The Morgan fingerprint density at radius 3 is 2.39 bits per heavy atom. The maximum atomic E-state index is 13.8. The summed E-state index contributed by atoms with van der Waals surface area (Å²) in [4.78, 5) is 11.0. The Morgan fingerprint density at radius 2 is 1.89 bits per heavy atom. The van der Waals surface area contributed by atoms with E-state index in [-0.39, 0.29) is 0 Å². The van der Waals surface area contributed by atoms with Crippen LogP contribution in [0.2, 0.25) is 0 Å². The molecule has 1 aromatic carbocycles. The summed E-state index contributed by atoms with van der Waals surface area (Å²) >= 11 is 0. The maximum absolute atomic E-state index is 13.8. The molecule has 7 heteroatoms. The van der Waals surface area contributed by atoms with Crippen LogP contribution < -0.4 is 5.73 Å². The quantitative estimate of drug-likeness (QED) is 0.673. The van der Waals surface area contributed by atoms with Crippen molar-refractivity contribution in [2.45, 2.75) is 18.4 Å². The van der Waals surface area contributed by atoms with Crippen molar-refractivity contribution in [3.8, 4) is 0 Å². The SMILES string of the molecule is COC(=O)C(N)C(F)c1ccccc1C(F)(F)F. The molecule has 3 nitrogen and oxygen atoms in total. The lowest BCUT2D eigenvalue weighted by atomic mass is 9.98. The van der Waals surface area contributed by atoms with Crippen LogP contribution in [0, 0.1) is 0 Å². The van der Waals surface area contributed by atoms with Gasteiger partial charge >= 0.3 is 12.1 Å². The highest BCUT2D eigenvalue weighted by Gasteiger charge is 2.38. The third kappa shape index (κ3) is 2.98. The number of benzene rings is 1. The van der Waals surface area contributed by atoms with E-state index in [1.165, 1.54) is 6.07 Å². The van der Waals surface area contributed by atoms with E-state index in [1.54, 1.807) is 0 Å². The molecule has 100 valence electrons. The molecule has 0 heterocycles. The van der Waals surface area contributed by atoms with Gasteiger partial charge < -0.3 is 10.5 Å². The highest BCUT2D eigenvalue weighted by Crippen LogP contribution is 2.36. The molecule has 0 aliphatic heterocycles. The van der Waals surface area contributed by atoms with Crippen LogP contribution in [0.1, 0.15) is 17.3 Å². The average molecular weight is 265 g/mol. The van der Waals surface area contributed by atoms with E-state index >= 15 is 0 Å². The molecule has 0 radical (unpaired) electrons. The van der Waals surface area contributed by atoms with Crippen molar-refractivity contribution in [2.24, 2.45) is 5.73 Å². The Kier molecular flexibility index (Phi) is 4.28. The van der Waals surface area contributed by atoms with Crippen LogP contribution in [0.25, 0.3) is 0 Å². The fourth-order valence-corrected chi connectivity index (χ4v) is 1.44. The molecule has 2 N–H and O–H groups in total. The molecule has 0 bridgehead atoms. The topological polar surface area (TPSA) is 52.3 Å². The largest absolute Gasteiger partial charge is 0.468 e. The van der Waals surface area contributed by atoms with Gasteiger partial charge in [0.05, 0.1) is 12.7 Å². The van der Waals surface area contributed by atoms with Crippen molar-refractivity contribution >= 4 is 5.97 Å². The number of nitrogens with two attached hydrogens (primary N) is 1. The minimum atomic E-state index is -4.71. The first-order chi connectivity index (χ1) is 8.29. The molecule has 0 aliphatic rings. The summed E-state index contributed by atoms with van der Waals surface area (Å²) in [6, 6.07) is 2.24. The molecule has 0 saturated heterocycles. The van der Waals surface area contributed by atoms with E-state index in [9.17, 15) is 22.4 Å². The molecule has 2 atom stereocenters. The van der Waals surface area contributed by atoms with Crippen LogP contribution in [-0.2, 0) is 15.7 Å². The Morgan fingerprint density at radius 1 is 1.33 bits per heavy atom. The van der Waals surface area contributed by atoms with E-state index < -0.39 is 35.5 Å². The van der Waals surface area contributed by atoms with Crippen molar-refractivity contribution < 1.29 is 27.1 Å². The summed E-state index contributed by atoms with van der Waals surface area (Å²) in [6.07, 6.45) is -6.99. The first kappa shape index (κ1) is 14.4. The van der Waals surface area contributed by atoms with Crippen LogP contribution in [0.15, 0.2) is 24.3 Å². The molecular weight excluding hydrogens is 254 g/mol. The van der Waals surface area contributed by atoms with Crippen LogP contribution in [0.4, 0.5) is 17.6 Å². The van der Waals surface area contributed by atoms with Gasteiger partial charge in [0.2, 0.25) is 0 Å². The van der Waals surface area contributed by atoms with E-state index in [4.69, 9.17) is 5.73 Å². The second kappa shape index (κ2) is 5.34. The van der Waals surface area contributed by atoms with Crippen LogP contribution in [-0.4, -0.2) is 19.1 Å². The van der Waals surface area contributed by atoms with Crippen LogP contribution in [0.3, 0.4) is 0 Å². The van der Waals surface area contributed by atoms with Crippen molar-refractivity contribution in [1.29, 1.82) is 0 Å². The van der Waals surface area contributed by atoms with Gasteiger partial charge in [0.1, 0.15) is 6.04 Å².